The van der Waals surface area contributed by atoms with Gasteiger partial charge in [-0.05, 0) is 18.9 Å². The molecule has 1 N–H and O–H groups in total. The molecular weight excluding hydrogens is 100 g/mol. The molecule has 0 fully saturated rings. The first-order chi connectivity index (χ1) is 3.66. The maximum Gasteiger partial charge on any atom is 0.0642 e. The lowest BCUT2D eigenvalue weighted by atomic mass is 10.1. The molecule has 0 saturated carbocycles. The fourth-order valence-electron chi connectivity index (χ4n) is 0.483. The summed E-state index contributed by atoms with van der Waals surface area (Å²) in [5.74, 6) is 0. The average molecular weight is 112 g/mol. The van der Waals surface area contributed by atoms with Gasteiger partial charge in [-0.15, -0.1) is 0 Å². The van der Waals surface area contributed by atoms with Crippen LogP contribution in [0, 0.1) is 0 Å². The summed E-state index contributed by atoms with van der Waals surface area (Å²) >= 11 is 0. The van der Waals surface area contributed by atoms with Crippen molar-refractivity contribution >= 4 is 0 Å². The molecule has 0 aliphatic rings. The monoisotopic (exact) mass is 112 g/mol. The van der Waals surface area contributed by atoms with Crippen LogP contribution in [0.2, 0.25) is 0 Å². The highest BCUT2D eigenvalue weighted by atomic mass is 16.3. The van der Waals surface area contributed by atoms with E-state index >= 15 is 0 Å². The number of aliphatic hydroxyl groups excluding tert-OH is 1. The van der Waals surface area contributed by atoms with E-state index in [9.17, 15) is 0 Å². The van der Waals surface area contributed by atoms with Gasteiger partial charge in [-0.1, -0.05) is 18.7 Å². The molecule has 0 aromatic rings. The molecule has 8 heavy (non-hydrogen) atoms. The lowest BCUT2D eigenvalue weighted by Gasteiger charge is -1.97. The molecule has 0 aromatic carbocycles. The van der Waals surface area contributed by atoms with E-state index in [1.54, 1.807) is 0 Å². The van der Waals surface area contributed by atoms with Crippen molar-refractivity contribution in [3.05, 3.63) is 24.3 Å². The van der Waals surface area contributed by atoms with Crippen molar-refractivity contribution in [1.29, 1.82) is 0 Å². The van der Waals surface area contributed by atoms with E-state index in [1.165, 1.54) is 0 Å². The molecule has 0 atom stereocenters. The van der Waals surface area contributed by atoms with Gasteiger partial charge < -0.3 is 5.11 Å². The molecule has 0 rings (SSSR count). The Bertz CT molecular complexity index is 103. The molecule has 1 nitrogen and oxygen atoms in total. The van der Waals surface area contributed by atoms with Crippen molar-refractivity contribution in [2.75, 3.05) is 6.61 Å². The van der Waals surface area contributed by atoms with Crippen molar-refractivity contribution in [3.8, 4) is 0 Å². The van der Waals surface area contributed by atoms with Gasteiger partial charge in [0.15, 0.2) is 0 Å². The fourth-order valence-corrected chi connectivity index (χ4v) is 0.483. The Kier molecular flexibility index (Phi) is 3.20. The summed E-state index contributed by atoms with van der Waals surface area (Å²) in [6.07, 6.45) is 0.747. The topological polar surface area (TPSA) is 20.2 Å². The molecule has 0 spiro atoms. The normalized spacial score (nSPS) is 8.75. The zero-order chi connectivity index (χ0) is 6.57. The quantitative estimate of drug-likeness (QED) is 0.548. The van der Waals surface area contributed by atoms with Crippen LogP contribution in [0.4, 0.5) is 0 Å². The predicted molar refractivity (Wildman–Crippen MR) is 35.7 cm³/mol. The van der Waals surface area contributed by atoms with E-state index in [1.807, 2.05) is 6.92 Å². The van der Waals surface area contributed by atoms with Gasteiger partial charge in [-0.2, -0.15) is 0 Å². The standard InChI is InChI=1S/C7H12O/c1-6(2)4-7(3)5-8/h8H,1,3-5H2,2H3. The summed E-state index contributed by atoms with van der Waals surface area (Å²) in [5.41, 5.74) is 1.88. The molecule has 0 aliphatic heterocycles. The first kappa shape index (κ1) is 7.44. The second-order valence-electron chi connectivity index (χ2n) is 2.04. The lowest BCUT2D eigenvalue weighted by Crippen LogP contribution is -1.87. The van der Waals surface area contributed by atoms with Crippen molar-refractivity contribution in [2.24, 2.45) is 0 Å². The predicted octanol–water partition coefficient (Wildman–Crippen LogP) is 1.50. The van der Waals surface area contributed by atoms with Crippen LogP contribution in [0.25, 0.3) is 0 Å². The first-order valence-electron chi connectivity index (χ1n) is 2.58. The third-order valence-electron chi connectivity index (χ3n) is 0.775. The van der Waals surface area contributed by atoms with E-state index in [4.69, 9.17) is 5.11 Å². The second-order valence-corrected chi connectivity index (χ2v) is 2.04. The molecule has 0 amide bonds. The van der Waals surface area contributed by atoms with Gasteiger partial charge in [-0.3, -0.25) is 0 Å². The fraction of sp³-hybridized carbons (Fsp3) is 0.429. The molecule has 0 heterocycles. The maximum absolute atomic E-state index is 8.44. The largest absolute Gasteiger partial charge is 0.392 e. The molecular formula is C7H12O. The molecule has 1 heteroatoms. The van der Waals surface area contributed by atoms with Crippen LogP contribution in [-0.2, 0) is 0 Å². The Labute approximate surface area is 50.3 Å². The number of rotatable bonds is 3. The van der Waals surface area contributed by atoms with Gasteiger partial charge in [0.2, 0.25) is 0 Å². The highest BCUT2D eigenvalue weighted by Gasteiger charge is 1.89. The molecule has 0 saturated heterocycles. The highest BCUT2D eigenvalue weighted by Crippen LogP contribution is 2.03. The van der Waals surface area contributed by atoms with Gasteiger partial charge in [0, 0.05) is 0 Å². The summed E-state index contributed by atoms with van der Waals surface area (Å²) in [7, 11) is 0. The Morgan fingerprint density at radius 1 is 1.50 bits per heavy atom. The average Bonchev–Trinajstić information content (AvgIpc) is 1.65. The molecule has 0 aromatic heterocycles. The lowest BCUT2D eigenvalue weighted by molar-refractivity contribution is 0.329. The smallest absolute Gasteiger partial charge is 0.0642 e. The van der Waals surface area contributed by atoms with Crippen LogP contribution in [0.15, 0.2) is 24.3 Å². The molecule has 0 bridgehead atoms. The zero-order valence-electron chi connectivity index (χ0n) is 5.28. The summed E-state index contributed by atoms with van der Waals surface area (Å²) in [5, 5.41) is 8.44. The number of hydrogen-bond acceptors (Lipinski definition) is 1. The summed E-state index contributed by atoms with van der Waals surface area (Å²) < 4.78 is 0. The van der Waals surface area contributed by atoms with Crippen molar-refractivity contribution in [2.45, 2.75) is 13.3 Å². The van der Waals surface area contributed by atoms with Crippen LogP contribution in [0.3, 0.4) is 0 Å². The minimum Gasteiger partial charge on any atom is -0.392 e. The van der Waals surface area contributed by atoms with E-state index in [-0.39, 0.29) is 6.61 Å². The minimum absolute atomic E-state index is 0.0762. The molecule has 46 valence electrons. The zero-order valence-corrected chi connectivity index (χ0v) is 5.28. The number of allylic oxidation sites excluding steroid dienone is 1. The van der Waals surface area contributed by atoms with Crippen LogP contribution >= 0.6 is 0 Å². The SMILES string of the molecule is C=C(C)CC(=C)CO. The molecule has 0 radical (unpaired) electrons. The van der Waals surface area contributed by atoms with Gasteiger partial charge in [0.1, 0.15) is 0 Å². The Morgan fingerprint density at radius 2 is 2.00 bits per heavy atom. The van der Waals surface area contributed by atoms with E-state index in [2.05, 4.69) is 13.2 Å². The van der Waals surface area contributed by atoms with Gasteiger partial charge in [-0.25, -0.2) is 0 Å². The minimum atomic E-state index is 0.0762. The maximum atomic E-state index is 8.44. The highest BCUT2D eigenvalue weighted by molar-refractivity contribution is 5.06. The summed E-state index contributed by atoms with van der Waals surface area (Å²) in [4.78, 5) is 0. The summed E-state index contributed by atoms with van der Waals surface area (Å²) in [6, 6.07) is 0. The Balaban J connectivity index is 3.40. The van der Waals surface area contributed by atoms with Crippen molar-refractivity contribution in [3.63, 3.8) is 0 Å². The molecule has 0 aliphatic carbocycles. The Hall–Kier alpha value is -0.560. The van der Waals surface area contributed by atoms with Crippen LogP contribution in [0.1, 0.15) is 13.3 Å². The van der Waals surface area contributed by atoms with E-state index in [0.29, 0.717) is 0 Å². The second kappa shape index (κ2) is 3.44. The van der Waals surface area contributed by atoms with Gasteiger partial charge in [0.05, 0.1) is 6.61 Å². The van der Waals surface area contributed by atoms with E-state index < -0.39 is 0 Å². The van der Waals surface area contributed by atoms with Gasteiger partial charge >= 0.3 is 0 Å². The number of hydrogen-bond donors (Lipinski definition) is 1. The van der Waals surface area contributed by atoms with Crippen LogP contribution < -0.4 is 0 Å². The van der Waals surface area contributed by atoms with E-state index in [0.717, 1.165) is 17.6 Å². The Morgan fingerprint density at radius 3 is 2.12 bits per heavy atom. The third kappa shape index (κ3) is 3.62. The molecule has 0 unspecified atom stereocenters. The van der Waals surface area contributed by atoms with Crippen LogP contribution in [-0.4, -0.2) is 11.7 Å². The number of aliphatic hydroxyl groups is 1. The van der Waals surface area contributed by atoms with Gasteiger partial charge in [0.25, 0.3) is 0 Å². The first-order valence-corrected chi connectivity index (χ1v) is 2.58. The van der Waals surface area contributed by atoms with Crippen LogP contribution in [0.5, 0.6) is 0 Å². The van der Waals surface area contributed by atoms with Crippen molar-refractivity contribution < 1.29 is 5.11 Å². The third-order valence-corrected chi connectivity index (χ3v) is 0.775. The van der Waals surface area contributed by atoms with Crippen molar-refractivity contribution in [1.82, 2.24) is 0 Å². The summed E-state index contributed by atoms with van der Waals surface area (Å²) in [6.45, 7) is 9.27.